The minimum absolute atomic E-state index is 0.0473. The topological polar surface area (TPSA) is 78.8 Å². The van der Waals surface area contributed by atoms with E-state index in [1.165, 1.54) is 12.8 Å². The first-order chi connectivity index (χ1) is 15.7. The van der Waals surface area contributed by atoms with E-state index < -0.39 is 5.54 Å². The van der Waals surface area contributed by atoms with Crippen LogP contribution >= 0.6 is 0 Å². The van der Waals surface area contributed by atoms with Crippen molar-refractivity contribution in [1.82, 2.24) is 9.88 Å². The fourth-order valence-electron chi connectivity index (χ4n) is 5.09. The molecule has 1 amide bonds. The second-order valence-corrected chi connectivity index (χ2v) is 8.94. The molecule has 0 unspecified atom stereocenters. The van der Waals surface area contributed by atoms with Crippen molar-refractivity contribution in [2.75, 3.05) is 30.3 Å². The fraction of sp³-hybridized carbons (Fsp3) is 0.480. The molecular weight excluding hydrogens is 402 g/mol. The number of rotatable bonds is 4. The van der Waals surface area contributed by atoms with Crippen LogP contribution in [0.15, 0.2) is 47.6 Å². The number of hydrogen-bond donors (Lipinski definition) is 2. The van der Waals surface area contributed by atoms with Gasteiger partial charge in [-0.25, -0.2) is 4.98 Å². The third kappa shape index (κ3) is 4.04. The predicted octanol–water partition coefficient (Wildman–Crippen LogP) is 4.33. The maximum absolute atomic E-state index is 13.4. The zero-order valence-electron chi connectivity index (χ0n) is 18.6. The molecule has 1 aliphatic carbocycles. The lowest BCUT2D eigenvalue weighted by Crippen LogP contribution is -2.62. The number of likely N-dealkylation sites (tertiary alicyclic amines) is 1. The van der Waals surface area contributed by atoms with Crippen LogP contribution in [0.3, 0.4) is 0 Å². The highest BCUT2D eigenvalue weighted by molar-refractivity contribution is 6.09. The molecule has 2 fully saturated rings. The highest BCUT2D eigenvalue weighted by Crippen LogP contribution is 2.36. The van der Waals surface area contributed by atoms with E-state index >= 15 is 0 Å². The molecule has 1 spiro atoms. The standard InChI is InChI=1S/C25H31N5O2/c1-2-32-20-12-10-18(11-13-20)23(31)30-16-6-14-25(17-30)24(27-19-7-3-4-8-19)28-22-21(29-25)9-5-15-26-22/h5,9-13,15,19,29H,2-4,6-8,14,16-17H2,1H3,(H,26,27,28)/t25-/m0/s1. The van der Waals surface area contributed by atoms with E-state index in [2.05, 4.69) is 15.6 Å². The van der Waals surface area contributed by atoms with Gasteiger partial charge in [-0.05, 0) is 69.0 Å². The molecule has 1 aromatic carbocycles. The number of carbonyl (C=O) groups excluding carboxylic acids is 1. The summed E-state index contributed by atoms with van der Waals surface area (Å²) in [4.78, 5) is 25.0. The van der Waals surface area contributed by atoms with Crippen LogP contribution in [0.25, 0.3) is 0 Å². The average Bonchev–Trinajstić information content (AvgIpc) is 3.33. The van der Waals surface area contributed by atoms with Gasteiger partial charge in [-0.3, -0.25) is 9.79 Å². The number of aromatic nitrogens is 1. The monoisotopic (exact) mass is 433 g/mol. The van der Waals surface area contributed by atoms with Crippen molar-refractivity contribution in [3.05, 3.63) is 48.2 Å². The normalized spacial score (nSPS) is 24.2. The van der Waals surface area contributed by atoms with E-state index in [1.807, 2.05) is 48.2 Å². The number of hydrogen-bond acceptors (Lipinski definition) is 5. The second-order valence-electron chi connectivity index (χ2n) is 8.94. The molecule has 1 atom stereocenters. The number of piperidine rings is 1. The summed E-state index contributed by atoms with van der Waals surface area (Å²) in [5, 5.41) is 7.26. The van der Waals surface area contributed by atoms with Crippen LogP contribution in [-0.4, -0.2) is 52.9 Å². The van der Waals surface area contributed by atoms with Crippen molar-refractivity contribution < 1.29 is 9.53 Å². The molecule has 1 saturated carbocycles. The number of ether oxygens (including phenoxy) is 1. The van der Waals surface area contributed by atoms with Crippen molar-refractivity contribution in [2.24, 2.45) is 4.99 Å². The molecule has 2 N–H and O–H groups in total. The van der Waals surface area contributed by atoms with E-state index in [9.17, 15) is 4.79 Å². The summed E-state index contributed by atoms with van der Waals surface area (Å²) in [6.07, 6.45) is 8.36. The molecule has 0 radical (unpaired) electrons. The Balaban J connectivity index is 1.43. The van der Waals surface area contributed by atoms with Gasteiger partial charge in [0.05, 0.1) is 24.9 Å². The number of pyridine rings is 1. The van der Waals surface area contributed by atoms with Gasteiger partial charge in [0.1, 0.15) is 17.1 Å². The first-order valence-corrected chi connectivity index (χ1v) is 11.8. The van der Waals surface area contributed by atoms with Gasteiger partial charge >= 0.3 is 0 Å². The molecule has 1 aromatic heterocycles. The van der Waals surface area contributed by atoms with Crippen LogP contribution in [0.1, 0.15) is 55.8 Å². The Morgan fingerprint density at radius 2 is 2.03 bits per heavy atom. The van der Waals surface area contributed by atoms with Gasteiger partial charge in [-0.15, -0.1) is 0 Å². The summed E-state index contributed by atoms with van der Waals surface area (Å²) in [6.45, 7) is 3.88. The van der Waals surface area contributed by atoms with Gasteiger partial charge in [-0.2, -0.15) is 0 Å². The molecule has 32 heavy (non-hydrogen) atoms. The number of anilines is 2. The predicted molar refractivity (Wildman–Crippen MR) is 127 cm³/mol. The number of benzene rings is 1. The molecular formula is C25H31N5O2. The lowest BCUT2D eigenvalue weighted by atomic mass is 9.85. The van der Waals surface area contributed by atoms with E-state index in [1.54, 1.807) is 6.20 Å². The lowest BCUT2D eigenvalue weighted by molar-refractivity contribution is 0.0694. The second kappa shape index (κ2) is 8.81. The third-order valence-corrected chi connectivity index (χ3v) is 6.70. The lowest BCUT2D eigenvalue weighted by Gasteiger charge is -2.47. The maximum atomic E-state index is 13.4. The summed E-state index contributed by atoms with van der Waals surface area (Å²) < 4.78 is 5.52. The van der Waals surface area contributed by atoms with Crippen molar-refractivity contribution >= 4 is 23.2 Å². The summed E-state index contributed by atoms with van der Waals surface area (Å²) in [5.74, 6) is 2.57. The van der Waals surface area contributed by atoms with Gasteiger partial charge in [-0.1, -0.05) is 12.8 Å². The third-order valence-electron chi connectivity index (χ3n) is 6.70. The molecule has 7 nitrogen and oxygen atoms in total. The molecule has 2 aliphatic heterocycles. The number of amidine groups is 1. The molecule has 168 valence electrons. The Labute approximate surface area is 189 Å². The van der Waals surface area contributed by atoms with Crippen LogP contribution in [0.5, 0.6) is 5.75 Å². The van der Waals surface area contributed by atoms with Crippen molar-refractivity contribution in [2.45, 2.75) is 57.0 Å². The van der Waals surface area contributed by atoms with Crippen LogP contribution in [0.4, 0.5) is 11.5 Å². The van der Waals surface area contributed by atoms with Gasteiger partial charge in [0.15, 0.2) is 5.82 Å². The molecule has 1 saturated heterocycles. The van der Waals surface area contributed by atoms with Crippen LogP contribution < -0.4 is 15.4 Å². The average molecular weight is 434 g/mol. The summed E-state index contributed by atoms with van der Waals surface area (Å²) in [5.41, 5.74) is 1.23. The number of amides is 1. The summed E-state index contributed by atoms with van der Waals surface area (Å²) in [7, 11) is 0. The highest BCUT2D eigenvalue weighted by Gasteiger charge is 2.45. The molecule has 2 aromatic rings. The molecule has 3 heterocycles. The number of aliphatic imine (C=N–C) groups is 1. The largest absolute Gasteiger partial charge is 0.494 e. The highest BCUT2D eigenvalue weighted by atomic mass is 16.5. The summed E-state index contributed by atoms with van der Waals surface area (Å²) in [6, 6.07) is 11.8. The fourth-order valence-corrected chi connectivity index (χ4v) is 5.09. The SMILES string of the molecule is CCOc1ccc(C(=O)N2CCC[C@@]3(C2)Nc2cccnc2NC3=NC2CCCC2)cc1. The minimum Gasteiger partial charge on any atom is -0.494 e. The van der Waals surface area contributed by atoms with Gasteiger partial charge in [0.2, 0.25) is 0 Å². The van der Waals surface area contributed by atoms with E-state index in [0.29, 0.717) is 24.8 Å². The molecule has 0 bridgehead atoms. The molecule has 7 heteroatoms. The smallest absolute Gasteiger partial charge is 0.253 e. The van der Waals surface area contributed by atoms with Crippen LogP contribution in [-0.2, 0) is 0 Å². The zero-order chi connectivity index (χ0) is 22.0. The van der Waals surface area contributed by atoms with E-state index in [0.717, 1.165) is 55.3 Å². The van der Waals surface area contributed by atoms with Crippen molar-refractivity contribution in [1.29, 1.82) is 0 Å². The first-order valence-electron chi connectivity index (χ1n) is 11.8. The Morgan fingerprint density at radius 1 is 1.22 bits per heavy atom. The Morgan fingerprint density at radius 3 is 2.81 bits per heavy atom. The van der Waals surface area contributed by atoms with Gasteiger partial charge in [0.25, 0.3) is 5.91 Å². The maximum Gasteiger partial charge on any atom is 0.253 e. The van der Waals surface area contributed by atoms with E-state index in [-0.39, 0.29) is 5.91 Å². The summed E-state index contributed by atoms with van der Waals surface area (Å²) >= 11 is 0. The van der Waals surface area contributed by atoms with Crippen LogP contribution in [0, 0.1) is 0 Å². The number of nitrogens with one attached hydrogen (secondary N) is 2. The molecule has 5 rings (SSSR count). The van der Waals surface area contributed by atoms with Crippen LogP contribution in [0.2, 0.25) is 0 Å². The molecule has 3 aliphatic rings. The van der Waals surface area contributed by atoms with E-state index in [4.69, 9.17) is 9.73 Å². The number of fused-ring (bicyclic) bond motifs is 1. The van der Waals surface area contributed by atoms with Gasteiger partial charge < -0.3 is 20.3 Å². The van der Waals surface area contributed by atoms with Crippen molar-refractivity contribution in [3.8, 4) is 5.75 Å². The Kier molecular flexibility index (Phi) is 5.72. The zero-order valence-corrected chi connectivity index (χ0v) is 18.6. The number of carbonyl (C=O) groups is 1. The minimum atomic E-state index is -0.419. The van der Waals surface area contributed by atoms with Crippen molar-refractivity contribution in [3.63, 3.8) is 0 Å². The van der Waals surface area contributed by atoms with Gasteiger partial charge in [0, 0.05) is 18.3 Å². The Bertz CT molecular complexity index is 1000. The quantitative estimate of drug-likeness (QED) is 0.750. The Hall–Kier alpha value is -3.09. The number of nitrogens with zero attached hydrogens (tertiary/aromatic N) is 3. The first kappa shape index (κ1) is 20.8.